The van der Waals surface area contributed by atoms with Gasteiger partial charge in [-0.15, -0.1) is 0 Å². The van der Waals surface area contributed by atoms with Gasteiger partial charge in [-0.25, -0.2) is 0 Å². The third kappa shape index (κ3) is 3.00. The molecule has 0 bridgehead atoms. The van der Waals surface area contributed by atoms with Crippen LogP contribution in [-0.2, 0) is 6.42 Å². The maximum Gasteiger partial charge on any atom is 0.143 e. The molecule has 0 aliphatic carbocycles. The number of ether oxygens (including phenoxy) is 1. The van der Waals surface area contributed by atoms with E-state index in [0.717, 1.165) is 5.56 Å². The smallest absolute Gasteiger partial charge is 0.143 e. The molecule has 1 heterocycles. The van der Waals surface area contributed by atoms with Crippen LogP contribution in [0.2, 0.25) is 5.02 Å². The number of aliphatic hydroxyl groups is 1. The predicted molar refractivity (Wildman–Crippen MR) is 70.9 cm³/mol. The van der Waals surface area contributed by atoms with Crippen LogP contribution in [0.25, 0.3) is 0 Å². The Kier molecular flexibility index (Phi) is 4.18. The fraction of sp³-hybridized carbons (Fsp3) is 0.214. The van der Waals surface area contributed by atoms with Crippen LogP contribution >= 0.6 is 11.6 Å². The molecule has 0 aliphatic rings. The standard InChI is InChI=1S/C14H14ClNO2/c1-18-13-3-2-8-16-14(13)12(17)9-10-4-6-11(15)7-5-10/h2-8,12,17H,9H2,1H3. The number of aliphatic hydroxyl groups excluding tert-OH is 1. The zero-order valence-corrected chi connectivity index (χ0v) is 10.8. The first-order valence-electron chi connectivity index (χ1n) is 5.62. The zero-order chi connectivity index (χ0) is 13.0. The monoisotopic (exact) mass is 263 g/mol. The molecule has 1 atom stereocenters. The molecule has 4 heteroatoms. The van der Waals surface area contributed by atoms with Crippen LogP contribution in [0.5, 0.6) is 5.75 Å². The number of rotatable bonds is 4. The quantitative estimate of drug-likeness (QED) is 0.922. The summed E-state index contributed by atoms with van der Waals surface area (Å²) in [6.07, 6.45) is 1.43. The summed E-state index contributed by atoms with van der Waals surface area (Å²) >= 11 is 5.82. The van der Waals surface area contributed by atoms with E-state index in [9.17, 15) is 5.11 Å². The van der Waals surface area contributed by atoms with E-state index in [1.165, 1.54) is 0 Å². The largest absolute Gasteiger partial charge is 0.495 e. The predicted octanol–water partition coefficient (Wildman–Crippen LogP) is 3.02. The lowest BCUT2D eigenvalue weighted by Crippen LogP contribution is -2.06. The summed E-state index contributed by atoms with van der Waals surface area (Å²) in [5.41, 5.74) is 1.55. The van der Waals surface area contributed by atoms with Gasteiger partial charge in [0.15, 0.2) is 0 Å². The second-order valence-electron chi connectivity index (χ2n) is 3.94. The highest BCUT2D eigenvalue weighted by Crippen LogP contribution is 2.25. The molecule has 0 amide bonds. The molecule has 0 fully saturated rings. The summed E-state index contributed by atoms with van der Waals surface area (Å²) in [5.74, 6) is 0.596. The van der Waals surface area contributed by atoms with Crippen LogP contribution in [-0.4, -0.2) is 17.2 Å². The van der Waals surface area contributed by atoms with Crippen molar-refractivity contribution in [2.45, 2.75) is 12.5 Å². The fourth-order valence-electron chi connectivity index (χ4n) is 1.77. The number of hydrogen-bond donors (Lipinski definition) is 1. The van der Waals surface area contributed by atoms with Crippen molar-refractivity contribution in [1.29, 1.82) is 0 Å². The maximum absolute atomic E-state index is 10.2. The average molecular weight is 264 g/mol. The number of benzene rings is 1. The Morgan fingerprint density at radius 2 is 2.00 bits per heavy atom. The second kappa shape index (κ2) is 5.85. The van der Waals surface area contributed by atoms with Crippen LogP contribution < -0.4 is 4.74 Å². The van der Waals surface area contributed by atoms with Gasteiger partial charge in [0.25, 0.3) is 0 Å². The molecule has 0 saturated carbocycles. The molecular formula is C14H14ClNO2. The van der Waals surface area contributed by atoms with Crippen molar-refractivity contribution in [2.75, 3.05) is 7.11 Å². The van der Waals surface area contributed by atoms with Gasteiger partial charge in [0.05, 0.1) is 7.11 Å². The van der Waals surface area contributed by atoms with Crippen LogP contribution in [0, 0.1) is 0 Å². The van der Waals surface area contributed by atoms with Crippen LogP contribution in [0.4, 0.5) is 0 Å². The number of nitrogens with zero attached hydrogens (tertiary/aromatic N) is 1. The highest BCUT2D eigenvalue weighted by Gasteiger charge is 2.14. The highest BCUT2D eigenvalue weighted by atomic mass is 35.5. The summed E-state index contributed by atoms with van der Waals surface area (Å²) in [5, 5.41) is 10.9. The lowest BCUT2D eigenvalue weighted by molar-refractivity contribution is 0.169. The Hall–Kier alpha value is -1.58. The third-order valence-corrected chi connectivity index (χ3v) is 2.93. The van der Waals surface area contributed by atoms with E-state index in [1.54, 1.807) is 37.6 Å². The molecule has 2 rings (SSSR count). The van der Waals surface area contributed by atoms with E-state index < -0.39 is 6.10 Å². The summed E-state index contributed by atoms with van der Waals surface area (Å²) in [7, 11) is 1.57. The Morgan fingerprint density at radius 3 is 2.67 bits per heavy atom. The van der Waals surface area contributed by atoms with Gasteiger partial charge in [0, 0.05) is 17.6 Å². The Bertz CT molecular complexity index is 513. The fourth-order valence-corrected chi connectivity index (χ4v) is 1.89. The SMILES string of the molecule is COc1cccnc1C(O)Cc1ccc(Cl)cc1. The molecular weight excluding hydrogens is 250 g/mol. The number of pyridine rings is 1. The number of halogens is 1. The van der Waals surface area contributed by atoms with Crippen LogP contribution in [0.15, 0.2) is 42.6 Å². The molecule has 1 N–H and O–H groups in total. The van der Waals surface area contributed by atoms with Gasteiger partial charge in [-0.3, -0.25) is 4.98 Å². The molecule has 18 heavy (non-hydrogen) atoms. The van der Waals surface area contributed by atoms with Crippen molar-refractivity contribution < 1.29 is 9.84 Å². The van der Waals surface area contributed by atoms with Gasteiger partial charge in [-0.2, -0.15) is 0 Å². The molecule has 0 saturated heterocycles. The second-order valence-corrected chi connectivity index (χ2v) is 4.37. The van der Waals surface area contributed by atoms with E-state index >= 15 is 0 Å². The van der Waals surface area contributed by atoms with Gasteiger partial charge in [-0.1, -0.05) is 23.7 Å². The van der Waals surface area contributed by atoms with Gasteiger partial charge in [-0.05, 0) is 29.8 Å². The number of methoxy groups -OCH3 is 1. The van der Waals surface area contributed by atoms with Crippen molar-refractivity contribution in [3.63, 3.8) is 0 Å². The highest BCUT2D eigenvalue weighted by molar-refractivity contribution is 6.30. The minimum absolute atomic E-state index is 0.477. The van der Waals surface area contributed by atoms with Crippen molar-refractivity contribution in [2.24, 2.45) is 0 Å². The van der Waals surface area contributed by atoms with E-state index in [0.29, 0.717) is 22.9 Å². The molecule has 1 aromatic heterocycles. The summed E-state index contributed by atoms with van der Waals surface area (Å²) in [4.78, 5) is 4.16. The number of aromatic nitrogens is 1. The lowest BCUT2D eigenvalue weighted by atomic mass is 10.0. The zero-order valence-electron chi connectivity index (χ0n) is 10.0. The van der Waals surface area contributed by atoms with Crippen molar-refractivity contribution >= 4 is 11.6 Å². The minimum atomic E-state index is -0.692. The van der Waals surface area contributed by atoms with Gasteiger partial charge in [0.2, 0.25) is 0 Å². The van der Waals surface area contributed by atoms with E-state index in [-0.39, 0.29) is 0 Å². The minimum Gasteiger partial charge on any atom is -0.495 e. The lowest BCUT2D eigenvalue weighted by Gasteiger charge is -2.13. The molecule has 3 nitrogen and oxygen atoms in total. The normalized spacial score (nSPS) is 12.2. The van der Waals surface area contributed by atoms with Crippen molar-refractivity contribution in [3.05, 3.63) is 58.9 Å². The third-order valence-electron chi connectivity index (χ3n) is 2.68. The molecule has 0 radical (unpaired) electrons. The summed E-state index contributed by atoms with van der Waals surface area (Å²) in [6.45, 7) is 0. The maximum atomic E-state index is 10.2. The van der Waals surface area contributed by atoms with Gasteiger partial charge < -0.3 is 9.84 Å². The molecule has 0 spiro atoms. The van der Waals surface area contributed by atoms with Gasteiger partial charge >= 0.3 is 0 Å². The van der Waals surface area contributed by atoms with E-state index in [2.05, 4.69) is 4.98 Å². The summed E-state index contributed by atoms with van der Waals surface area (Å²) < 4.78 is 5.18. The Labute approximate surface area is 111 Å². The van der Waals surface area contributed by atoms with Gasteiger partial charge in [0.1, 0.15) is 17.5 Å². The van der Waals surface area contributed by atoms with E-state index in [4.69, 9.17) is 16.3 Å². The summed E-state index contributed by atoms with van der Waals surface area (Å²) in [6, 6.07) is 10.9. The molecule has 1 unspecified atom stereocenters. The van der Waals surface area contributed by atoms with Crippen LogP contribution in [0.1, 0.15) is 17.4 Å². The number of hydrogen-bond acceptors (Lipinski definition) is 3. The van der Waals surface area contributed by atoms with Crippen LogP contribution in [0.3, 0.4) is 0 Å². The first-order valence-corrected chi connectivity index (χ1v) is 6.00. The molecule has 0 aliphatic heterocycles. The topological polar surface area (TPSA) is 42.4 Å². The van der Waals surface area contributed by atoms with E-state index in [1.807, 2.05) is 12.1 Å². The Morgan fingerprint density at radius 1 is 1.28 bits per heavy atom. The van der Waals surface area contributed by atoms with Crippen molar-refractivity contribution in [1.82, 2.24) is 4.98 Å². The molecule has 1 aromatic carbocycles. The molecule has 94 valence electrons. The molecule has 2 aromatic rings. The average Bonchev–Trinajstić information content (AvgIpc) is 2.41. The Balaban J connectivity index is 2.16. The first kappa shape index (κ1) is 12.9. The first-order chi connectivity index (χ1) is 8.70. The van der Waals surface area contributed by atoms with Crippen molar-refractivity contribution in [3.8, 4) is 5.75 Å².